The summed E-state index contributed by atoms with van der Waals surface area (Å²) < 4.78 is 26.8. The molecule has 2 atom stereocenters. The Morgan fingerprint density at radius 2 is 1.66 bits per heavy atom. The SMILES string of the molecule is COC/C=C/c1ccc(OC(COC)C(O)c2ccc(O)c(OC)c2)c(OC)c1. The Balaban J connectivity index is 2.25. The Bertz CT molecular complexity index is 804. The topological polar surface area (TPSA) is 86.6 Å². The number of phenolic OH excluding ortho intramolecular Hbond substituents is 1. The largest absolute Gasteiger partial charge is 0.504 e. The molecule has 158 valence electrons. The van der Waals surface area contributed by atoms with Crippen LogP contribution in [0, 0.1) is 0 Å². The second-order valence-corrected chi connectivity index (χ2v) is 6.26. The number of aromatic hydroxyl groups is 1. The number of aliphatic hydroxyl groups is 1. The van der Waals surface area contributed by atoms with Gasteiger partial charge in [0.2, 0.25) is 0 Å². The summed E-state index contributed by atoms with van der Waals surface area (Å²) in [4.78, 5) is 0. The highest BCUT2D eigenvalue weighted by atomic mass is 16.6. The molecule has 0 spiro atoms. The molecule has 7 heteroatoms. The third kappa shape index (κ3) is 6.12. The molecule has 2 rings (SSSR count). The predicted octanol–water partition coefficient (Wildman–Crippen LogP) is 3.20. The first kappa shape index (κ1) is 22.5. The molecule has 2 N–H and O–H groups in total. The van der Waals surface area contributed by atoms with Gasteiger partial charge < -0.3 is 33.9 Å². The minimum atomic E-state index is -1.02. The van der Waals surface area contributed by atoms with E-state index in [9.17, 15) is 10.2 Å². The van der Waals surface area contributed by atoms with Crippen LogP contribution >= 0.6 is 0 Å². The van der Waals surface area contributed by atoms with Gasteiger partial charge in [-0.1, -0.05) is 24.3 Å². The van der Waals surface area contributed by atoms with E-state index in [-0.39, 0.29) is 18.1 Å². The van der Waals surface area contributed by atoms with Crippen LogP contribution in [-0.4, -0.2) is 58.0 Å². The number of ether oxygens (including phenoxy) is 5. The maximum Gasteiger partial charge on any atom is 0.161 e. The first-order valence-electron chi connectivity index (χ1n) is 9.08. The molecule has 0 amide bonds. The van der Waals surface area contributed by atoms with Gasteiger partial charge in [0.15, 0.2) is 29.1 Å². The van der Waals surface area contributed by atoms with Crippen LogP contribution in [0.1, 0.15) is 17.2 Å². The summed E-state index contributed by atoms with van der Waals surface area (Å²) in [5.41, 5.74) is 1.46. The smallest absolute Gasteiger partial charge is 0.161 e. The van der Waals surface area contributed by atoms with Crippen molar-refractivity contribution in [3.63, 3.8) is 0 Å². The van der Waals surface area contributed by atoms with Crippen molar-refractivity contribution in [1.29, 1.82) is 0 Å². The Morgan fingerprint density at radius 3 is 2.31 bits per heavy atom. The minimum absolute atomic E-state index is 0.00792. The van der Waals surface area contributed by atoms with Crippen LogP contribution in [-0.2, 0) is 9.47 Å². The molecule has 0 heterocycles. The molecule has 2 unspecified atom stereocenters. The summed E-state index contributed by atoms with van der Waals surface area (Å²) in [6.45, 7) is 0.655. The third-order valence-electron chi connectivity index (χ3n) is 4.27. The van der Waals surface area contributed by atoms with E-state index < -0.39 is 12.2 Å². The van der Waals surface area contributed by atoms with E-state index in [2.05, 4.69) is 0 Å². The van der Waals surface area contributed by atoms with E-state index >= 15 is 0 Å². The number of phenols is 1. The van der Waals surface area contributed by atoms with Gasteiger partial charge in [-0.3, -0.25) is 0 Å². The lowest BCUT2D eigenvalue weighted by Crippen LogP contribution is -2.30. The van der Waals surface area contributed by atoms with Gasteiger partial charge in [0, 0.05) is 14.2 Å². The molecule has 0 aromatic heterocycles. The number of rotatable bonds is 11. The number of hydrogen-bond acceptors (Lipinski definition) is 7. The number of aliphatic hydroxyl groups excluding tert-OH is 1. The minimum Gasteiger partial charge on any atom is -0.504 e. The van der Waals surface area contributed by atoms with Crippen molar-refractivity contribution >= 4 is 6.08 Å². The first-order valence-corrected chi connectivity index (χ1v) is 9.08. The zero-order chi connectivity index (χ0) is 21.2. The van der Waals surface area contributed by atoms with E-state index in [0.29, 0.717) is 23.7 Å². The van der Waals surface area contributed by atoms with E-state index in [0.717, 1.165) is 5.56 Å². The summed E-state index contributed by atoms with van der Waals surface area (Å²) in [7, 11) is 6.16. The van der Waals surface area contributed by atoms with E-state index in [4.69, 9.17) is 23.7 Å². The van der Waals surface area contributed by atoms with Crippen LogP contribution in [0.15, 0.2) is 42.5 Å². The third-order valence-corrected chi connectivity index (χ3v) is 4.27. The maximum absolute atomic E-state index is 10.8. The van der Waals surface area contributed by atoms with Gasteiger partial charge in [0.1, 0.15) is 6.10 Å². The fraction of sp³-hybridized carbons (Fsp3) is 0.364. The molecule has 0 aliphatic heterocycles. The summed E-state index contributed by atoms with van der Waals surface area (Å²) in [6, 6.07) is 10.1. The molecular formula is C22H28O7. The molecule has 0 aliphatic rings. The Kier molecular flexibility index (Phi) is 8.79. The summed E-state index contributed by atoms with van der Waals surface area (Å²) in [5, 5.41) is 20.6. The molecule has 0 radical (unpaired) electrons. The molecule has 0 saturated carbocycles. The first-order chi connectivity index (χ1) is 14.0. The summed E-state index contributed by atoms with van der Waals surface area (Å²) in [5.74, 6) is 1.26. The highest BCUT2D eigenvalue weighted by Crippen LogP contribution is 2.34. The molecule has 2 aromatic carbocycles. The van der Waals surface area contributed by atoms with Gasteiger partial charge >= 0.3 is 0 Å². The average Bonchev–Trinajstić information content (AvgIpc) is 2.74. The Morgan fingerprint density at radius 1 is 0.897 bits per heavy atom. The lowest BCUT2D eigenvalue weighted by molar-refractivity contribution is -0.0133. The second kappa shape index (κ2) is 11.3. The van der Waals surface area contributed by atoms with Gasteiger partial charge in [-0.25, -0.2) is 0 Å². The lowest BCUT2D eigenvalue weighted by Gasteiger charge is -2.25. The number of hydrogen-bond donors (Lipinski definition) is 2. The molecule has 0 fully saturated rings. The molecule has 0 bridgehead atoms. The van der Waals surface area contributed by atoms with E-state index in [1.165, 1.54) is 20.3 Å². The van der Waals surface area contributed by atoms with Crippen molar-refractivity contribution in [3.8, 4) is 23.0 Å². The van der Waals surface area contributed by atoms with Crippen LogP contribution in [0.25, 0.3) is 6.08 Å². The Labute approximate surface area is 171 Å². The molecular weight excluding hydrogens is 376 g/mol. The standard InChI is InChI=1S/C22H28O7/c1-25-11-5-6-15-7-10-18(20(12-15)28-4)29-21(14-26-2)22(24)16-8-9-17(23)19(13-16)27-3/h5-10,12-13,21-24H,11,14H2,1-4H3/b6-5+. The molecule has 7 nitrogen and oxygen atoms in total. The average molecular weight is 404 g/mol. The Hall–Kier alpha value is -2.74. The fourth-order valence-corrected chi connectivity index (χ4v) is 2.78. The van der Waals surface area contributed by atoms with E-state index in [1.54, 1.807) is 32.4 Å². The van der Waals surface area contributed by atoms with Crippen LogP contribution in [0.3, 0.4) is 0 Å². The van der Waals surface area contributed by atoms with Crippen LogP contribution in [0.5, 0.6) is 23.0 Å². The highest BCUT2D eigenvalue weighted by molar-refractivity contribution is 5.56. The highest BCUT2D eigenvalue weighted by Gasteiger charge is 2.25. The second-order valence-electron chi connectivity index (χ2n) is 6.26. The molecule has 29 heavy (non-hydrogen) atoms. The van der Waals surface area contributed by atoms with Crippen LogP contribution < -0.4 is 14.2 Å². The van der Waals surface area contributed by atoms with Crippen molar-refractivity contribution in [1.82, 2.24) is 0 Å². The van der Waals surface area contributed by atoms with Gasteiger partial charge in [-0.05, 0) is 35.4 Å². The van der Waals surface area contributed by atoms with Gasteiger partial charge in [0.05, 0.1) is 27.4 Å². The zero-order valence-corrected chi connectivity index (χ0v) is 17.1. The fourth-order valence-electron chi connectivity index (χ4n) is 2.78. The van der Waals surface area contributed by atoms with Crippen molar-refractivity contribution in [2.75, 3.05) is 41.7 Å². The molecule has 0 aliphatic carbocycles. The summed E-state index contributed by atoms with van der Waals surface area (Å²) >= 11 is 0. The van der Waals surface area contributed by atoms with Crippen molar-refractivity contribution in [3.05, 3.63) is 53.6 Å². The van der Waals surface area contributed by atoms with Crippen molar-refractivity contribution < 1.29 is 33.9 Å². The molecule has 0 saturated heterocycles. The quantitative estimate of drug-likeness (QED) is 0.595. The number of benzene rings is 2. The van der Waals surface area contributed by atoms with Gasteiger partial charge in [-0.2, -0.15) is 0 Å². The van der Waals surface area contributed by atoms with Crippen molar-refractivity contribution in [2.24, 2.45) is 0 Å². The predicted molar refractivity (Wildman–Crippen MR) is 110 cm³/mol. The van der Waals surface area contributed by atoms with Crippen molar-refractivity contribution in [2.45, 2.75) is 12.2 Å². The maximum atomic E-state index is 10.8. The molecule has 2 aromatic rings. The monoisotopic (exact) mass is 404 g/mol. The number of methoxy groups -OCH3 is 4. The summed E-state index contributed by atoms with van der Waals surface area (Å²) in [6.07, 6.45) is 2.08. The van der Waals surface area contributed by atoms with Crippen LogP contribution in [0.4, 0.5) is 0 Å². The lowest BCUT2D eigenvalue weighted by atomic mass is 10.0. The van der Waals surface area contributed by atoms with Gasteiger partial charge in [0.25, 0.3) is 0 Å². The van der Waals surface area contributed by atoms with Gasteiger partial charge in [-0.15, -0.1) is 0 Å². The van der Waals surface area contributed by atoms with E-state index in [1.807, 2.05) is 24.3 Å². The normalized spacial score (nSPS) is 13.3. The van der Waals surface area contributed by atoms with Crippen LogP contribution in [0.2, 0.25) is 0 Å². The zero-order valence-electron chi connectivity index (χ0n) is 17.1.